The van der Waals surface area contributed by atoms with E-state index in [-0.39, 0.29) is 5.91 Å². The van der Waals surface area contributed by atoms with Crippen LogP contribution >= 0.6 is 0 Å². The Morgan fingerprint density at radius 3 is 2.80 bits per heavy atom. The summed E-state index contributed by atoms with van der Waals surface area (Å²) in [6, 6.07) is 3.42. The van der Waals surface area contributed by atoms with Crippen molar-refractivity contribution in [1.29, 1.82) is 0 Å². The molecule has 1 N–H and O–H groups in total. The summed E-state index contributed by atoms with van der Waals surface area (Å²) in [6.07, 6.45) is 9.28. The maximum absolute atomic E-state index is 12.3. The molecule has 1 fully saturated rings. The molecule has 1 amide bonds. The molecule has 7 heteroatoms. The molecule has 6 rings (SSSR count). The number of nitrogens with one attached hydrogen (secondary N) is 1. The van der Waals surface area contributed by atoms with Crippen molar-refractivity contribution in [2.45, 2.75) is 46.2 Å². The number of allylic oxidation sites excluding steroid dienone is 1. The van der Waals surface area contributed by atoms with E-state index in [4.69, 9.17) is 0 Å². The van der Waals surface area contributed by atoms with Crippen LogP contribution < -0.4 is 5.32 Å². The summed E-state index contributed by atoms with van der Waals surface area (Å²) in [7, 11) is 0. The van der Waals surface area contributed by atoms with Crippen molar-refractivity contribution < 1.29 is 4.79 Å². The van der Waals surface area contributed by atoms with E-state index in [9.17, 15) is 4.79 Å². The van der Waals surface area contributed by atoms with Crippen molar-refractivity contribution in [3.63, 3.8) is 0 Å². The van der Waals surface area contributed by atoms with Crippen molar-refractivity contribution >= 4 is 5.91 Å². The molecule has 0 spiro atoms. The van der Waals surface area contributed by atoms with Gasteiger partial charge in [0.05, 0.1) is 6.54 Å². The first-order valence-corrected chi connectivity index (χ1v) is 11.0. The standard InChI is InChI=1S/C23H30N6O/c1-23(2)18-4-3-17(19(23)13-18)15-28-10-7-20-26-27-21(29(20)12-11-28)14-25-22(30)16-5-8-24-9-6-16/h3,5-6,8-9,18-19H,4,7,10-15H2,1-2H3,(H,25,30)/t18-,19-/m0/s1. The number of hydrogen-bond acceptors (Lipinski definition) is 5. The van der Waals surface area contributed by atoms with Gasteiger partial charge in [-0.2, -0.15) is 0 Å². The molecule has 158 valence electrons. The Morgan fingerprint density at radius 2 is 2.03 bits per heavy atom. The number of aromatic nitrogens is 4. The van der Waals surface area contributed by atoms with E-state index in [1.54, 1.807) is 30.1 Å². The molecule has 3 aliphatic carbocycles. The molecule has 2 aromatic rings. The van der Waals surface area contributed by atoms with Crippen molar-refractivity contribution in [3.8, 4) is 0 Å². The van der Waals surface area contributed by atoms with Crippen LogP contribution in [0.15, 0.2) is 36.2 Å². The zero-order chi connectivity index (χ0) is 20.7. The lowest BCUT2D eigenvalue weighted by molar-refractivity contribution is -0.0106. The van der Waals surface area contributed by atoms with Crippen molar-refractivity contribution in [2.24, 2.45) is 17.3 Å². The van der Waals surface area contributed by atoms with Crippen LogP contribution in [0.1, 0.15) is 48.7 Å². The minimum Gasteiger partial charge on any atom is -0.345 e. The number of carbonyl (C=O) groups is 1. The third kappa shape index (κ3) is 3.45. The van der Waals surface area contributed by atoms with Crippen LogP contribution in [0.4, 0.5) is 0 Å². The number of hydrogen-bond donors (Lipinski definition) is 1. The van der Waals surface area contributed by atoms with Gasteiger partial charge in [0, 0.05) is 50.6 Å². The van der Waals surface area contributed by atoms with Crippen LogP contribution in [-0.2, 0) is 19.5 Å². The Balaban J connectivity index is 1.20. The Hall–Kier alpha value is -2.54. The zero-order valence-corrected chi connectivity index (χ0v) is 17.8. The maximum atomic E-state index is 12.3. The zero-order valence-electron chi connectivity index (χ0n) is 17.8. The summed E-state index contributed by atoms with van der Waals surface area (Å²) in [5.74, 6) is 3.38. The Morgan fingerprint density at radius 1 is 1.20 bits per heavy atom. The van der Waals surface area contributed by atoms with E-state index in [1.807, 2.05) is 0 Å². The van der Waals surface area contributed by atoms with Crippen LogP contribution in [0.5, 0.6) is 0 Å². The fraction of sp³-hybridized carbons (Fsp3) is 0.565. The molecular formula is C23H30N6O. The molecule has 0 unspecified atom stereocenters. The first-order chi connectivity index (χ1) is 14.5. The Kier molecular flexibility index (Phi) is 4.93. The third-order valence-corrected chi connectivity index (χ3v) is 7.53. The van der Waals surface area contributed by atoms with E-state index >= 15 is 0 Å². The molecule has 0 radical (unpaired) electrons. The normalized spacial score (nSPS) is 24.9. The molecule has 1 aliphatic heterocycles. The highest BCUT2D eigenvalue weighted by molar-refractivity contribution is 5.93. The smallest absolute Gasteiger partial charge is 0.251 e. The molecule has 1 saturated carbocycles. The number of carbonyl (C=O) groups excluding carboxylic acids is 1. The number of rotatable bonds is 5. The Bertz CT molecular complexity index is 963. The number of fused-ring (bicyclic) bond motifs is 2. The molecular weight excluding hydrogens is 376 g/mol. The van der Waals surface area contributed by atoms with Gasteiger partial charge in [-0.3, -0.25) is 14.7 Å². The SMILES string of the molecule is CC1(C)[C@H]2CC=C(CN3CCc4nnc(CNC(=O)c5ccncc5)n4CC3)[C@@H]1C2. The maximum Gasteiger partial charge on any atom is 0.251 e. The van der Waals surface area contributed by atoms with Gasteiger partial charge in [-0.05, 0) is 42.2 Å². The van der Waals surface area contributed by atoms with Gasteiger partial charge >= 0.3 is 0 Å². The first-order valence-electron chi connectivity index (χ1n) is 11.0. The summed E-state index contributed by atoms with van der Waals surface area (Å²) >= 11 is 0. The van der Waals surface area contributed by atoms with E-state index < -0.39 is 0 Å². The fourth-order valence-corrected chi connectivity index (χ4v) is 5.39. The average molecular weight is 407 g/mol. The lowest BCUT2D eigenvalue weighted by Crippen LogP contribution is -2.50. The van der Waals surface area contributed by atoms with Crippen molar-refractivity contribution in [2.75, 3.05) is 19.6 Å². The molecule has 3 heterocycles. The van der Waals surface area contributed by atoms with Crippen LogP contribution in [0, 0.1) is 17.3 Å². The van der Waals surface area contributed by atoms with Gasteiger partial charge in [0.1, 0.15) is 5.82 Å². The van der Waals surface area contributed by atoms with Crippen molar-refractivity contribution in [3.05, 3.63) is 53.4 Å². The molecule has 2 aromatic heterocycles. The molecule has 2 bridgehead atoms. The van der Waals surface area contributed by atoms with Gasteiger partial charge in [-0.25, -0.2) is 0 Å². The summed E-state index contributed by atoms with van der Waals surface area (Å²) in [6.45, 7) is 9.21. The highest BCUT2D eigenvalue weighted by atomic mass is 16.1. The summed E-state index contributed by atoms with van der Waals surface area (Å²) in [5, 5.41) is 11.7. The van der Waals surface area contributed by atoms with Gasteiger partial charge in [-0.1, -0.05) is 25.5 Å². The van der Waals surface area contributed by atoms with Crippen molar-refractivity contribution in [1.82, 2.24) is 30.0 Å². The molecule has 4 aliphatic rings. The van der Waals surface area contributed by atoms with Gasteiger partial charge < -0.3 is 9.88 Å². The molecule has 7 nitrogen and oxygen atoms in total. The highest BCUT2D eigenvalue weighted by Crippen LogP contribution is 2.59. The van der Waals surface area contributed by atoms with Gasteiger partial charge in [-0.15, -0.1) is 10.2 Å². The molecule has 0 aromatic carbocycles. The summed E-state index contributed by atoms with van der Waals surface area (Å²) in [4.78, 5) is 18.8. The third-order valence-electron chi connectivity index (χ3n) is 7.53. The lowest BCUT2D eigenvalue weighted by Gasteiger charge is -2.57. The molecule has 30 heavy (non-hydrogen) atoms. The first kappa shape index (κ1) is 19.4. The predicted molar refractivity (Wildman–Crippen MR) is 114 cm³/mol. The second kappa shape index (κ2) is 7.61. The van der Waals surface area contributed by atoms with Gasteiger partial charge in [0.2, 0.25) is 0 Å². The van der Waals surface area contributed by atoms with E-state index in [2.05, 4.69) is 49.9 Å². The van der Waals surface area contributed by atoms with E-state index in [0.29, 0.717) is 17.5 Å². The highest BCUT2D eigenvalue weighted by Gasteiger charge is 2.51. The minimum absolute atomic E-state index is 0.115. The quantitative estimate of drug-likeness (QED) is 0.772. The Labute approximate surface area is 177 Å². The summed E-state index contributed by atoms with van der Waals surface area (Å²) in [5.41, 5.74) is 2.73. The van der Waals surface area contributed by atoms with Crippen LogP contribution in [-0.4, -0.2) is 50.2 Å². The molecule has 2 atom stereocenters. The second-order valence-electron chi connectivity index (χ2n) is 9.45. The largest absolute Gasteiger partial charge is 0.345 e. The number of nitrogens with zero attached hydrogens (tertiary/aromatic N) is 5. The van der Waals surface area contributed by atoms with Crippen LogP contribution in [0.25, 0.3) is 0 Å². The minimum atomic E-state index is -0.115. The lowest BCUT2D eigenvalue weighted by atomic mass is 9.49. The van der Waals surface area contributed by atoms with Gasteiger partial charge in [0.15, 0.2) is 5.82 Å². The van der Waals surface area contributed by atoms with Crippen LogP contribution in [0.2, 0.25) is 0 Å². The van der Waals surface area contributed by atoms with Crippen LogP contribution in [0.3, 0.4) is 0 Å². The second-order valence-corrected chi connectivity index (χ2v) is 9.45. The molecule has 0 saturated heterocycles. The predicted octanol–water partition coefficient (Wildman–Crippen LogP) is 2.45. The van der Waals surface area contributed by atoms with E-state index in [1.165, 1.54) is 12.8 Å². The average Bonchev–Trinajstić information content (AvgIpc) is 3.05. The van der Waals surface area contributed by atoms with E-state index in [0.717, 1.165) is 56.1 Å². The fourth-order valence-electron chi connectivity index (χ4n) is 5.39. The monoisotopic (exact) mass is 406 g/mol. The number of pyridine rings is 1. The topological polar surface area (TPSA) is 75.9 Å². The number of amides is 1. The van der Waals surface area contributed by atoms with Gasteiger partial charge in [0.25, 0.3) is 5.91 Å². The summed E-state index contributed by atoms with van der Waals surface area (Å²) < 4.78 is 2.19.